The zero-order chi connectivity index (χ0) is 13.6. The molecule has 2 aromatic rings. The maximum atomic E-state index is 12.7. The molecule has 2 aliphatic heterocycles. The van der Waals surface area contributed by atoms with Crippen LogP contribution in [0.15, 0.2) is 42.9 Å². The summed E-state index contributed by atoms with van der Waals surface area (Å²) in [5, 5.41) is 0. The van der Waals surface area contributed by atoms with E-state index in [0.29, 0.717) is 0 Å². The number of thioether (sulfide) groups is 1. The molecular formula is C15H13N3OS. The van der Waals surface area contributed by atoms with Gasteiger partial charge in [-0.05, 0) is 24.3 Å². The van der Waals surface area contributed by atoms with Gasteiger partial charge in [0.2, 0.25) is 0 Å². The molecule has 1 aromatic carbocycles. The molecular weight excluding hydrogens is 270 g/mol. The van der Waals surface area contributed by atoms with Gasteiger partial charge < -0.3 is 4.90 Å². The molecule has 0 bridgehead atoms. The molecule has 1 aromatic heterocycles. The molecule has 1 unspecified atom stereocenters. The molecule has 5 heteroatoms. The van der Waals surface area contributed by atoms with Crippen molar-refractivity contribution in [2.45, 2.75) is 11.3 Å². The van der Waals surface area contributed by atoms with E-state index in [1.807, 2.05) is 35.2 Å². The van der Waals surface area contributed by atoms with E-state index in [-0.39, 0.29) is 5.91 Å². The van der Waals surface area contributed by atoms with E-state index in [0.717, 1.165) is 35.5 Å². The van der Waals surface area contributed by atoms with E-state index in [4.69, 9.17) is 0 Å². The minimum atomic E-state index is -0.463. The van der Waals surface area contributed by atoms with Crippen molar-refractivity contribution < 1.29 is 4.79 Å². The smallest absolute Gasteiger partial charge is 0.255 e. The standard InChI is InChI=1S/C15H13N3OS/c19-14-11-4-1-2-5-12(11)15(13-6-7-16-10-17-13)18(14)8-3-9-20-15/h1-2,4-7,10H,3,8-9H2. The van der Waals surface area contributed by atoms with Crippen LogP contribution in [-0.2, 0) is 4.87 Å². The first kappa shape index (κ1) is 11.9. The molecule has 0 aliphatic carbocycles. The van der Waals surface area contributed by atoms with Crippen LogP contribution in [0.2, 0.25) is 0 Å². The van der Waals surface area contributed by atoms with Crippen LogP contribution in [-0.4, -0.2) is 33.1 Å². The van der Waals surface area contributed by atoms with Gasteiger partial charge in [0, 0.05) is 23.9 Å². The lowest BCUT2D eigenvalue weighted by Gasteiger charge is -2.41. The molecule has 0 radical (unpaired) electrons. The third kappa shape index (κ3) is 1.41. The van der Waals surface area contributed by atoms with Crippen LogP contribution in [0.4, 0.5) is 0 Å². The molecule has 0 N–H and O–H groups in total. The Kier molecular flexibility index (Phi) is 2.57. The topological polar surface area (TPSA) is 46.1 Å². The molecule has 1 amide bonds. The summed E-state index contributed by atoms with van der Waals surface area (Å²) in [6.07, 6.45) is 4.33. The number of hydrogen-bond donors (Lipinski definition) is 0. The fourth-order valence-electron chi connectivity index (χ4n) is 3.10. The van der Waals surface area contributed by atoms with Crippen LogP contribution in [0.25, 0.3) is 0 Å². The van der Waals surface area contributed by atoms with Gasteiger partial charge in [0.05, 0.1) is 5.69 Å². The fraction of sp³-hybridized carbons (Fsp3) is 0.267. The van der Waals surface area contributed by atoms with Gasteiger partial charge in [0.25, 0.3) is 5.91 Å². The number of aromatic nitrogens is 2. The summed E-state index contributed by atoms with van der Waals surface area (Å²) in [4.78, 5) is 22.6. The molecule has 0 spiro atoms. The summed E-state index contributed by atoms with van der Waals surface area (Å²) in [5.41, 5.74) is 2.77. The van der Waals surface area contributed by atoms with Crippen molar-refractivity contribution in [2.24, 2.45) is 0 Å². The number of carbonyl (C=O) groups excluding carboxylic acids is 1. The van der Waals surface area contributed by atoms with E-state index in [2.05, 4.69) is 9.97 Å². The number of fused-ring (bicyclic) bond motifs is 3. The third-order valence-corrected chi connectivity index (χ3v) is 5.47. The van der Waals surface area contributed by atoms with Crippen molar-refractivity contribution in [1.29, 1.82) is 0 Å². The molecule has 1 fully saturated rings. The Hall–Kier alpha value is -1.88. The van der Waals surface area contributed by atoms with Crippen molar-refractivity contribution in [3.8, 4) is 0 Å². The van der Waals surface area contributed by atoms with Gasteiger partial charge in [0.15, 0.2) is 4.87 Å². The number of rotatable bonds is 1. The van der Waals surface area contributed by atoms with Gasteiger partial charge in [-0.25, -0.2) is 9.97 Å². The second kappa shape index (κ2) is 4.31. The van der Waals surface area contributed by atoms with E-state index >= 15 is 0 Å². The van der Waals surface area contributed by atoms with E-state index in [1.54, 1.807) is 24.3 Å². The Bertz CT molecular complexity index is 676. The van der Waals surface area contributed by atoms with Crippen LogP contribution < -0.4 is 0 Å². The highest BCUT2D eigenvalue weighted by molar-refractivity contribution is 8.00. The largest absolute Gasteiger partial charge is 0.314 e. The summed E-state index contributed by atoms with van der Waals surface area (Å²) in [7, 11) is 0. The Morgan fingerprint density at radius 2 is 2.15 bits per heavy atom. The summed E-state index contributed by atoms with van der Waals surface area (Å²) in [5.74, 6) is 1.15. The van der Waals surface area contributed by atoms with Crippen LogP contribution in [0.5, 0.6) is 0 Å². The van der Waals surface area contributed by atoms with Crippen LogP contribution in [0, 0.1) is 0 Å². The Morgan fingerprint density at radius 3 is 3.00 bits per heavy atom. The maximum Gasteiger partial charge on any atom is 0.255 e. The number of benzene rings is 1. The van der Waals surface area contributed by atoms with Gasteiger partial charge >= 0.3 is 0 Å². The quantitative estimate of drug-likeness (QED) is 0.805. The first-order valence-electron chi connectivity index (χ1n) is 6.66. The van der Waals surface area contributed by atoms with E-state index in [9.17, 15) is 4.79 Å². The number of carbonyl (C=O) groups is 1. The summed E-state index contributed by atoms with van der Waals surface area (Å²) < 4.78 is 0. The van der Waals surface area contributed by atoms with Crippen molar-refractivity contribution in [3.63, 3.8) is 0 Å². The number of nitrogens with zero attached hydrogens (tertiary/aromatic N) is 3. The second-order valence-corrected chi connectivity index (χ2v) is 6.23. The van der Waals surface area contributed by atoms with Gasteiger partial charge in [-0.3, -0.25) is 4.79 Å². The molecule has 20 heavy (non-hydrogen) atoms. The van der Waals surface area contributed by atoms with Gasteiger partial charge in [0.1, 0.15) is 6.33 Å². The minimum absolute atomic E-state index is 0.117. The monoisotopic (exact) mass is 283 g/mol. The summed E-state index contributed by atoms with van der Waals surface area (Å²) in [6.45, 7) is 0.782. The normalized spacial score (nSPS) is 24.4. The van der Waals surface area contributed by atoms with Crippen LogP contribution in [0.3, 0.4) is 0 Å². The van der Waals surface area contributed by atoms with E-state index in [1.165, 1.54) is 0 Å². The first-order valence-corrected chi connectivity index (χ1v) is 7.64. The summed E-state index contributed by atoms with van der Waals surface area (Å²) >= 11 is 1.80. The Balaban J connectivity index is 2.01. The van der Waals surface area contributed by atoms with Crippen molar-refractivity contribution in [3.05, 3.63) is 59.7 Å². The van der Waals surface area contributed by atoms with Crippen LogP contribution >= 0.6 is 11.8 Å². The van der Waals surface area contributed by atoms with Gasteiger partial charge in [-0.2, -0.15) is 0 Å². The molecule has 3 heterocycles. The second-order valence-electron chi connectivity index (χ2n) is 4.94. The molecule has 0 saturated carbocycles. The predicted octanol–water partition coefficient (Wildman–Crippen LogP) is 2.27. The maximum absolute atomic E-state index is 12.7. The minimum Gasteiger partial charge on any atom is -0.314 e. The van der Waals surface area contributed by atoms with E-state index < -0.39 is 4.87 Å². The summed E-state index contributed by atoms with van der Waals surface area (Å²) in [6, 6.07) is 9.80. The van der Waals surface area contributed by atoms with Gasteiger partial charge in [-0.15, -0.1) is 11.8 Å². The lowest BCUT2D eigenvalue weighted by atomic mass is 10.0. The molecule has 100 valence electrons. The highest BCUT2D eigenvalue weighted by atomic mass is 32.2. The van der Waals surface area contributed by atoms with Crippen molar-refractivity contribution in [1.82, 2.24) is 14.9 Å². The zero-order valence-corrected chi connectivity index (χ0v) is 11.6. The van der Waals surface area contributed by atoms with Crippen LogP contribution in [0.1, 0.15) is 28.0 Å². The third-order valence-electron chi connectivity index (χ3n) is 3.91. The fourth-order valence-corrected chi connectivity index (χ4v) is 4.60. The number of hydrogen-bond acceptors (Lipinski definition) is 4. The lowest BCUT2D eigenvalue weighted by Crippen LogP contribution is -2.46. The predicted molar refractivity (Wildman–Crippen MR) is 77.4 cm³/mol. The lowest BCUT2D eigenvalue weighted by molar-refractivity contribution is 0.0713. The molecule has 1 saturated heterocycles. The highest BCUT2D eigenvalue weighted by Gasteiger charge is 2.53. The molecule has 4 nitrogen and oxygen atoms in total. The first-order chi connectivity index (χ1) is 9.84. The van der Waals surface area contributed by atoms with Gasteiger partial charge in [-0.1, -0.05) is 18.2 Å². The average Bonchev–Trinajstić information content (AvgIpc) is 2.80. The average molecular weight is 283 g/mol. The molecule has 1 atom stereocenters. The SMILES string of the molecule is O=C1c2ccccc2C2(c3ccncn3)SCCCN12. The van der Waals surface area contributed by atoms with Crippen molar-refractivity contribution >= 4 is 17.7 Å². The molecule has 2 aliphatic rings. The zero-order valence-electron chi connectivity index (χ0n) is 10.8. The Morgan fingerprint density at radius 1 is 1.25 bits per heavy atom. The highest BCUT2D eigenvalue weighted by Crippen LogP contribution is 2.53. The Labute approximate surface area is 121 Å². The van der Waals surface area contributed by atoms with Crippen molar-refractivity contribution in [2.75, 3.05) is 12.3 Å². The number of amides is 1. The molecule has 4 rings (SSSR count).